The lowest BCUT2D eigenvalue weighted by atomic mass is 10.0. The SMILES string of the molecule is COCC(C(C)C)N1CCCNC(Cc2ccccc2)C1. The normalized spacial score (nSPS) is 22.2. The van der Waals surface area contributed by atoms with Crippen LogP contribution >= 0.6 is 0 Å². The summed E-state index contributed by atoms with van der Waals surface area (Å²) in [4.78, 5) is 2.63. The number of nitrogens with zero attached hydrogens (tertiary/aromatic N) is 1. The highest BCUT2D eigenvalue weighted by atomic mass is 16.5. The summed E-state index contributed by atoms with van der Waals surface area (Å²) in [5, 5.41) is 3.71. The van der Waals surface area contributed by atoms with E-state index < -0.39 is 0 Å². The monoisotopic (exact) mass is 290 g/mol. The summed E-state index contributed by atoms with van der Waals surface area (Å²) in [6, 6.07) is 11.9. The fourth-order valence-corrected chi connectivity index (χ4v) is 3.25. The minimum Gasteiger partial charge on any atom is -0.383 e. The first-order valence-electron chi connectivity index (χ1n) is 8.21. The predicted molar refractivity (Wildman–Crippen MR) is 88.6 cm³/mol. The van der Waals surface area contributed by atoms with Crippen LogP contribution in [0.25, 0.3) is 0 Å². The molecule has 2 rings (SSSR count). The molecule has 3 heteroatoms. The van der Waals surface area contributed by atoms with E-state index in [0.29, 0.717) is 18.0 Å². The van der Waals surface area contributed by atoms with Crippen LogP contribution in [0.5, 0.6) is 0 Å². The van der Waals surface area contributed by atoms with Gasteiger partial charge in [0.15, 0.2) is 0 Å². The molecule has 1 aliphatic heterocycles. The molecule has 2 atom stereocenters. The first-order valence-corrected chi connectivity index (χ1v) is 8.21. The highest BCUT2D eigenvalue weighted by Gasteiger charge is 2.26. The summed E-state index contributed by atoms with van der Waals surface area (Å²) in [5.74, 6) is 0.625. The highest BCUT2D eigenvalue weighted by Crippen LogP contribution is 2.16. The Morgan fingerprint density at radius 2 is 2.05 bits per heavy atom. The van der Waals surface area contributed by atoms with E-state index in [0.717, 1.165) is 26.1 Å². The zero-order valence-corrected chi connectivity index (χ0v) is 13.7. The molecule has 2 unspecified atom stereocenters. The van der Waals surface area contributed by atoms with Crippen molar-refractivity contribution in [3.63, 3.8) is 0 Å². The van der Waals surface area contributed by atoms with E-state index in [9.17, 15) is 0 Å². The highest BCUT2D eigenvalue weighted by molar-refractivity contribution is 5.16. The molecule has 0 aliphatic carbocycles. The van der Waals surface area contributed by atoms with Crippen LogP contribution in [0.2, 0.25) is 0 Å². The van der Waals surface area contributed by atoms with Crippen LogP contribution in [0.3, 0.4) is 0 Å². The van der Waals surface area contributed by atoms with E-state index in [2.05, 4.69) is 54.4 Å². The second-order valence-electron chi connectivity index (χ2n) is 6.46. The summed E-state index contributed by atoms with van der Waals surface area (Å²) in [7, 11) is 1.81. The lowest BCUT2D eigenvalue weighted by Gasteiger charge is -2.34. The predicted octanol–water partition coefficient (Wildman–Crippen LogP) is 2.56. The Morgan fingerprint density at radius 3 is 2.71 bits per heavy atom. The Hall–Kier alpha value is -0.900. The lowest BCUT2D eigenvalue weighted by molar-refractivity contribution is 0.0631. The third-order valence-corrected chi connectivity index (χ3v) is 4.41. The molecule has 1 aromatic carbocycles. The standard InChI is InChI=1S/C18H30N2O/c1-15(2)18(14-21-3)20-11-7-10-19-17(13-20)12-16-8-5-4-6-9-16/h4-6,8-9,15,17-19H,7,10-14H2,1-3H3. The van der Waals surface area contributed by atoms with Gasteiger partial charge in [0.25, 0.3) is 0 Å². The fourth-order valence-electron chi connectivity index (χ4n) is 3.25. The number of hydrogen-bond acceptors (Lipinski definition) is 3. The second kappa shape index (κ2) is 8.52. The van der Waals surface area contributed by atoms with E-state index >= 15 is 0 Å². The van der Waals surface area contributed by atoms with Crippen LogP contribution in [-0.2, 0) is 11.2 Å². The van der Waals surface area contributed by atoms with Crippen LogP contribution in [0, 0.1) is 5.92 Å². The largest absolute Gasteiger partial charge is 0.383 e. The van der Waals surface area contributed by atoms with E-state index in [1.807, 2.05) is 7.11 Å². The molecular formula is C18H30N2O. The summed E-state index contributed by atoms with van der Waals surface area (Å²) in [5.41, 5.74) is 1.42. The summed E-state index contributed by atoms with van der Waals surface area (Å²) >= 11 is 0. The van der Waals surface area contributed by atoms with E-state index in [-0.39, 0.29) is 0 Å². The van der Waals surface area contributed by atoms with Crippen LogP contribution in [0.1, 0.15) is 25.8 Å². The molecule has 1 heterocycles. The molecule has 1 aromatic rings. The Labute approximate surface area is 129 Å². The minimum atomic E-state index is 0.521. The van der Waals surface area contributed by atoms with Crippen molar-refractivity contribution in [1.82, 2.24) is 10.2 Å². The Morgan fingerprint density at radius 1 is 1.29 bits per heavy atom. The molecule has 0 spiro atoms. The van der Waals surface area contributed by atoms with Gasteiger partial charge in [0.2, 0.25) is 0 Å². The van der Waals surface area contributed by atoms with Gasteiger partial charge in [0, 0.05) is 25.7 Å². The van der Waals surface area contributed by atoms with Crippen molar-refractivity contribution in [1.29, 1.82) is 0 Å². The van der Waals surface area contributed by atoms with Crippen LogP contribution in [-0.4, -0.2) is 50.3 Å². The van der Waals surface area contributed by atoms with Gasteiger partial charge < -0.3 is 10.1 Å². The molecule has 1 N–H and O–H groups in total. The average Bonchev–Trinajstić information content (AvgIpc) is 2.71. The summed E-state index contributed by atoms with van der Waals surface area (Å²) in [6.45, 7) is 8.83. The molecule has 1 aliphatic rings. The molecule has 1 fully saturated rings. The number of rotatable bonds is 6. The molecule has 1 saturated heterocycles. The van der Waals surface area contributed by atoms with Gasteiger partial charge in [-0.1, -0.05) is 44.2 Å². The second-order valence-corrected chi connectivity index (χ2v) is 6.46. The Balaban J connectivity index is 2.00. The average molecular weight is 290 g/mol. The van der Waals surface area contributed by atoms with Gasteiger partial charge in [-0.15, -0.1) is 0 Å². The van der Waals surface area contributed by atoms with Crippen molar-refractivity contribution >= 4 is 0 Å². The third kappa shape index (κ3) is 5.10. The van der Waals surface area contributed by atoms with Crippen molar-refractivity contribution in [2.24, 2.45) is 5.92 Å². The van der Waals surface area contributed by atoms with Gasteiger partial charge in [-0.25, -0.2) is 0 Å². The quantitative estimate of drug-likeness (QED) is 0.871. The smallest absolute Gasteiger partial charge is 0.0620 e. The summed E-state index contributed by atoms with van der Waals surface area (Å²) in [6.07, 6.45) is 2.33. The molecule has 0 saturated carbocycles. The van der Waals surface area contributed by atoms with E-state index in [4.69, 9.17) is 4.74 Å². The molecule has 0 aromatic heterocycles. The molecule has 3 nitrogen and oxygen atoms in total. The maximum absolute atomic E-state index is 5.45. The number of nitrogens with one attached hydrogen (secondary N) is 1. The maximum atomic E-state index is 5.45. The van der Waals surface area contributed by atoms with Gasteiger partial charge >= 0.3 is 0 Å². The number of benzene rings is 1. The molecule has 118 valence electrons. The van der Waals surface area contributed by atoms with Crippen molar-refractivity contribution < 1.29 is 4.74 Å². The van der Waals surface area contributed by atoms with Crippen LogP contribution in [0.15, 0.2) is 30.3 Å². The van der Waals surface area contributed by atoms with E-state index in [1.165, 1.54) is 18.5 Å². The van der Waals surface area contributed by atoms with Gasteiger partial charge in [0.05, 0.1) is 6.61 Å². The maximum Gasteiger partial charge on any atom is 0.0620 e. The van der Waals surface area contributed by atoms with Crippen molar-refractivity contribution in [3.8, 4) is 0 Å². The Kier molecular flexibility index (Phi) is 6.68. The Bertz CT molecular complexity index is 393. The van der Waals surface area contributed by atoms with Gasteiger partial charge in [-0.3, -0.25) is 4.90 Å². The minimum absolute atomic E-state index is 0.521. The topological polar surface area (TPSA) is 24.5 Å². The number of methoxy groups -OCH3 is 1. The van der Waals surface area contributed by atoms with E-state index in [1.54, 1.807) is 0 Å². The molecule has 0 radical (unpaired) electrons. The fraction of sp³-hybridized carbons (Fsp3) is 0.667. The van der Waals surface area contributed by atoms with Crippen molar-refractivity contribution in [3.05, 3.63) is 35.9 Å². The molecular weight excluding hydrogens is 260 g/mol. The van der Waals surface area contributed by atoms with Crippen molar-refractivity contribution in [2.45, 2.75) is 38.8 Å². The summed E-state index contributed by atoms with van der Waals surface area (Å²) < 4.78 is 5.45. The molecule has 21 heavy (non-hydrogen) atoms. The molecule has 0 bridgehead atoms. The number of ether oxygens (including phenoxy) is 1. The lowest BCUT2D eigenvalue weighted by Crippen LogP contribution is -2.47. The third-order valence-electron chi connectivity index (χ3n) is 4.41. The van der Waals surface area contributed by atoms with Crippen LogP contribution in [0.4, 0.5) is 0 Å². The van der Waals surface area contributed by atoms with Gasteiger partial charge in [0.1, 0.15) is 0 Å². The first kappa shape index (κ1) is 16.5. The zero-order chi connectivity index (χ0) is 15.1. The van der Waals surface area contributed by atoms with Crippen LogP contribution < -0.4 is 5.32 Å². The number of hydrogen-bond donors (Lipinski definition) is 1. The van der Waals surface area contributed by atoms with Gasteiger partial charge in [-0.2, -0.15) is 0 Å². The first-order chi connectivity index (χ1) is 10.2. The van der Waals surface area contributed by atoms with Gasteiger partial charge in [-0.05, 0) is 37.4 Å². The van der Waals surface area contributed by atoms with Crippen molar-refractivity contribution in [2.75, 3.05) is 33.4 Å². The zero-order valence-electron chi connectivity index (χ0n) is 13.7. The molecule has 0 amide bonds.